The number of likely N-dealkylation sites (N-methyl/N-ethyl adjacent to an activating group) is 1. The number of carbonyl (C=O) groups is 1. The highest BCUT2D eigenvalue weighted by atomic mass is 35.5. The van der Waals surface area contributed by atoms with Crippen molar-refractivity contribution >= 4 is 24.3 Å². The van der Waals surface area contributed by atoms with Crippen molar-refractivity contribution in [3.63, 3.8) is 0 Å². The van der Waals surface area contributed by atoms with E-state index < -0.39 is 0 Å². The van der Waals surface area contributed by atoms with Gasteiger partial charge in [-0.1, -0.05) is 6.07 Å². The average molecular weight is 287 g/mol. The Hall–Kier alpha value is -1.33. The van der Waals surface area contributed by atoms with Crippen molar-refractivity contribution in [3.8, 4) is 0 Å². The summed E-state index contributed by atoms with van der Waals surface area (Å²) >= 11 is 0. The molecular formula is C13H23ClN4O. The molecule has 108 valence electrons. The number of hydrogen-bond donors (Lipinski definition) is 0. The highest BCUT2D eigenvalue weighted by molar-refractivity contribution is 5.91. The number of rotatable bonds is 4. The number of amides is 2. The van der Waals surface area contributed by atoms with Crippen LogP contribution in [0.15, 0.2) is 18.3 Å². The minimum atomic E-state index is -0.0429. The third kappa shape index (κ3) is 5.04. The Morgan fingerprint density at radius 2 is 1.84 bits per heavy atom. The van der Waals surface area contributed by atoms with Crippen LogP contribution in [0.5, 0.6) is 0 Å². The number of nitrogens with zero attached hydrogens (tertiary/aromatic N) is 4. The van der Waals surface area contributed by atoms with E-state index in [0.717, 1.165) is 17.9 Å². The fourth-order valence-electron chi connectivity index (χ4n) is 1.59. The minimum Gasteiger partial charge on any atom is -0.330 e. The monoisotopic (exact) mass is 286 g/mol. The van der Waals surface area contributed by atoms with Crippen molar-refractivity contribution in [1.82, 2.24) is 14.8 Å². The highest BCUT2D eigenvalue weighted by Crippen LogP contribution is 2.16. The number of urea groups is 1. The van der Waals surface area contributed by atoms with Crippen LogP contribution < -0.4 is 4.90 Å². The molecule has 1 aromatic rings. The molecule has 1 aromatic heterocycles. The van der Waals surface area contributed by atoms with Crippen LogP contribution in [0.2, 0.25) is 0 Å². The maximum atomic E-state index is 12.2. The molecule has 0 aromatic carbocycles. The Labute approximate surface area is 121 Å². The van der Waals surface area contributed by atoms with Crippen LogP contribution in [0.3, 0.4) is 0 Å². The summed E-state index contributed by atoms with van der Waals surface area (Å²) in [7, 11) is 7.49. The van der Waals surface area contributed by atoms with Crippen LogP contribution in [0.4, 0.5) is 10.6 Å². The smallest absolute Gasteiger partial charge is 0.325 e. The summed E-state index contributed by atoms with van der Waals surface area (Å²) in [5.41, 5.74) is 1.01. The van der Waals surface area contributed by atoms with E-state index in [4.69, 9.17) is 0 Å². The van der Waals surface area contributed by atoms with Crippen molar-refractivity contribution in [2.45, 2.75) is 6.92 Å². The number of aromatic nitrogens is 1. The lowest BCUT2D eigenvalue weighted by atomic mass is 10.2. The fraction of sp³-hybridized carbons (Fsp3) is 0.538. The van der Waals surface area contributed by atoms with Gasteiger partial charge in [-0.15, -0.1) is 12.4 Å². The lowest BCUT2D eigenvalue weighted by molar-refractivity contribution is 0.222. The number of aryl methyl sites for hydroxylation is 1. The number of carbonyl (C=O) groups excluding carboxylic acids is 1. The number of halogens is 1. The second kappa shape index (κ2) is 7.96. The molecule has 1 rings (SSSR count). The summed E-state index contributed by atoms with van der Waals surface area (Å²) in [5.74, 6) is 0.734. The van der Waals surface area contributed by atoms with Crippen molar-refractivity contribution in [2.75, 3.05) is 46.2 Å². The van der Waals surface area contributed by atoms with Crippen LogP contribution in [-0.4, -0.2) is 62.1 Å². The van der Waals surface area contributed by atoms with Crippen LogP contribution in [0.1, 0.15) is 5.56 Å². The highest BCUT2D eigenvalue weighted by Gasteiger charge is 2.20. The summed E-state index contributed by atoms with van der Waals surface area (Å²) in [5, 5.41) is 0. The molecule has 0 saturated heterocycles. The van der Waals surface area contributed by atoms with E-state index in [1.807, 2.05) is 38.1 Å². The van der Waals surface area contributed by atoms with Gasteiger partial charge < -0.3 is 9.80 Å². The zero-order chi connectivity index (χ0) is 13.7. The van der Waals surface area contributed by atoms with Gasteiger partial charge in [-0.2, -0.15) is 0 Å². The zero-order valence-corrected chi connectivity index (χ0v) is 13.1. The molecule has 0 radical (unpaired) electrons. The lowest BCUT2D eigenvalue weighted by Crippen LogP contribution is -2.43. The quantitative estimate of drug-likeness (QED) is 0.848. The molecule has 0 aliphatic rings. The molecule has 0 atom stereocenters. The molecule has 0 fully saturated rings. The molecule has 19 heavy (non-hydrogen) atoms. The summed E-state index contributed by atoms with van der Waals surface area (Å²) in [6, 6.07) is 3.80. The number of hydrogen-bond acceptors (Lipinski definition) is 3. The first-order valence-electron chi connectivity index (χ1n) is 5.98. The van der Waals surface area contributed by atoms with Crippen LogP contribution in [0.25, 0.3) is 0 Å². The molecule has 0 saturated carbocycles. The molecule has 0 bridgehead atoms. The van der Waals surface area contributed by atoms with Gasteiger partial charge in [0.25, 0.3) is 0 Å². The summed E-state index contributed by atoms with van der Waals surface area (Å²) < 4.78 is 0. The van der Waals surface area contributed by atoms with Crippen molar-refractivity contribution in [2.24, 2.45) is 0 Å². The van der Waals surface area contributed by atoms with Gasteiger partial charge in [0.15, 0.2) is 0 Å². The second-order valence-electron chi connectivity index (χ2n) is 4.78. The first-order chi connectivity index (χ1) is 8.43. The fourth-order valence-corrected chi connectivity index (χ4v) is 1.59. The van der Waals surface area contributed by atoms with E-state index in [0.29, 0.717) is 6.54 Å². The maximum Gasteiger partial charge on any atom is 0.325 e. The number of pyridine rings is 1. The van der Waals surface area contributed by atoms with E-state index in [1.54, 1.807) is 30.1 Å². The van der Waals surface area contributed by atoms with Crippen molar-refractivity contribution in [1.29, 1.82) is 0 Å². The van der Waals surface area contributed by atoms with Crippen LogP contribution in [0, 0.1) is 6.92 Å². The van der Waals surface area contributed by atoms with E-state index in [9.17, 15) is 4.79 Å². The SMILES string of the molecule is Cc1cccnc1N(CCN(C)C)C(=O)N(C)C.Cl. The molecule has 6 heteroatoms. The summed E-state index contributed by atoms with van der Waals surface area (Å²) in [6.45, 7) is 3.39. The minimum absolute atomic E-state index is 0. The first kappa shape index (κ1) is 17.7. The summed E-state index contributed by atoms with van der Waals surface area (Å²) in [6.07, 6.45) is 1.72. The Morgan fingerprint density at radius 1 is 1.21 bits per heavy atom. The van der Waals surface area contributed by atoms with E-state index in [2.05, 4.69) is 4.98 Å². The molecule has 0 aliphatic heterocycles. The van der Waals surface area contributed by atoms with Gasteiger partial charge in [0.1, 0.15) is 5.82 Å². The standard InChI is InChI=1S/C13H22N4O.ClH/c1-11-7-6-8-14-12(11)17(10-9-15(2)3)13(18)16(4)5;/h6-8H,9-10H2,1-5H3;1H. The van der Waals surface area contributed by atoms with Gasteiger partial charge >= 0.3 is 6.03 Å². The van der Waals surface area contributed by atoms with Gasteiger partial charge in [-0.25, -0.2) is 9.78 Å². The molecule has 0 spiro atoms. The van der Waals surface area contributed by atoms with E-state index in [-0.39, 0.29) is 18.4 Å². The molecule has 5 nitrogen and oxygen atoms in total. The first-order valence-corrected chi connectivity index (χ1v) is 5.98. The Balaban J connectivity index is 0.00000324. The molecule has 0 N–H and O–H groups in total. The van der Waals surface area contributed by atoms with Gasteiger partial charge in [0.2, 0.25) is 0 Å². The van der Waals surface area contributed by atoms with Gasteiger partial charge in [0, 0.05) is 33.4 Å². The zero-order valence-electron chi connectivity index (χ0n) is 12.3. The van der Waals surface area contributed by atoms with Gasteiger partial charge in [-0.05, 0) is 32.6 Å². The Morgan fingerprint density at radius 3 is 2.32 bits per heavy atom. The van der Waals surface area contributed by atoms with Gasteiger partial charge in [0.05, 0.1) is 0 Å². The van der Waals surface area contributed by atoms with E-state index in [1.165, 1.54) is 0 Å². The normalized spacial score (nSPS) is 10.0. The second-order valence-corrected chi connectivity index (χ2v) is 4.78. The summed E-state index contributed by atoms with van der Waals surface area (Å²) in [4.78, 5) is 21.9. The van der Waals surface area contributed by atoms with E-state index >= 15 is 0 Å². The lowest BCUT2D eigenvalue weighted by Gasteiger charge is -2.27. The predicted octanol–water partition coefficient (Wildman–Crippen LogP) is 1.86. The molecular weight excluding hydrogens is 264 g/mol. The largest absolute Gasteiger partial charge is 0.330 e. The topological polar surface area (TPSA) is 39.7 Å². The van der Waals surface area contributed by atoms with Crippen molar-refractivity contribution in [3.05, 3.63) is 23.9 Å². The third-order valence-corrected chi connectivity index (χ3v) is 2.62. The van der Waals surface area contributed by atoms with Crippen LogP contribution in [-0.2, 0) is 0 Å². The van der Waals surface area contributed by atoms with Gasteiger partial charge in [-0.3, -0.25) is 4.90 Å². The third-order valence-electron chi connectivity index (χ3n) is 2.62. The molecule has 0 aliphatic carbocycles. The molecule has 2 amide bonds. The maximum absolute atomic E-state index is 12.2. The van der Waals surface area contributed by atoms with Crippen LogP contribution >= 0.6 is 12.4 Å². The number of anilines is 1. The molecule has 0 unspecified atom stereocenters. The molecule has 1 heterocycles. The Bertz CT molecular complexity index is 409. The predicted molar refractivity (Wildman–Crippen MR) is 81.2 cm³/mol. The van der Waals surface area contributed by atoms with Crippen molar-refractivity contribution < 1.29 is 4.79 Å². The average Bonchev–Trinajstić information content (AvgIpc) is 2.30. The Kier molecular flexibility index (Phi) is 7.41.